The van der Waals surface area contributed by atoms with Gasteiger partial charge in [0.1, 0.15) is 6.29 Å². The summed E-state index contributed by atoms with van der Waals surface area (Å²) in [6.07, 6.45) is 2.60. The van der Waals surface area contributed by atoms with E-state index < -0.39 is 0 Å². The molecule has 0 saturated carbocycles. The summed E-state index contributed by atoms with van der Waals surface area (Å²) in [5, 5.41) is 0. The van der Waals surface area contributed by atoms with E-state index >= 15 is 0 Å². The minimum atomic E-state index is 0.133. The standard InChI is InChI=1S/C14H19NO/c1-14(2)11-7-4-5-8-12(11)15(3)13(14)9-6-10-16/h4-5,7-8,10,13H,6,9H2,1-3H3. The van der Waals surface area contributed by atoms with Gasteiger partial charge < -0.3 is 9.69 Å². The molecule has 0 amide bonds. The van der Waals surface area contributed by atoms with Gasteiger partial charge in [0.15, 0.2) is 0 Å². The van der Waals surface area contributed by atoms with Gasteiger partial charge in [-0.2, -0.15) is 0 Å². The van der Waals surface area contributed by atoms with Gasteiger partial charge in [0.25, 0.3) is 0 Å². The van der Waals surface area contributed by atoms with Crippen LogP contribution in [0.25, 0.3) is 0 Å². The number of fused-ring (bicyclic) bond motifs is 1. The van der Waals surface area contributed by atoms with Crippen molar-refractivity contribution >= 4 is 12.0 Å². The molecule has 1 aromatic carbocycles. The third kappa shape index (κ3) is 1.53. The molecule has 1 unspecified atom stereocenters. The lowest BCUT2D eigenvalue weighted by atomic mass is 9.79. The maximum Gasteiger partial charge on any atom is 0.120 e. The van der Waals surface area contributed by atoms with Crippen molar-refractivity contribution in [2.75, 3.05) is 11.9 Å². The zero-order valence-electron chi connectivity index (χ0n) is 10.2. The number of rotatable bonds is 3. The summed E-state index contributed by atoms with van der Waals surface area (Å²) in [5.41, 5.74) is 2.84. The number of aldehydes is 1. The van der Waals surface area contributed by atoms with E-state index in [-0.39, 0.29) is 5.41 Å². The molecule has 0 bridgehead atoms. The number of anilines is 1. The number of carbonyl (C=O) groups excluding carboxylic acids is 1. The van der Waals surface area contributed by atoms with Gasteiger partial charge in [0.05, 0.1) is 0 Å². The summed E-state index contributed by atoms with van der Waals surface area (Å²) < 4.78 is 0. The summed E-state index contributed by atoms with van der Waals surface area (Å²) in [6, 6.07) is 8.96. The highest BCUT2D eigenvalue weighted by Crippen LogP contribution is 2.45. The summed E-state index contributed by atoms with van der Waals surface area (Å²) in [5.74, 6) is 0. The summed E-state index contributed by atoms with van der Waals surface area (Å²) in [6.45, 7) is 4.54. The monoisotopic (exact) mass is 217 g/mol. The van der Waals surface area contributed by atoms with Crippen molar-refractivity contribution in [3.05, 3.63) is 29.8 Å². The van der Waals surface area contributed by atoms with Crippen molar-refractivity contribution in [2.45, 2.75) is 38.1 Å². The van der Waals surface area contributed by atoms with Crippen LogP contribution in [0.3, 0.4) is 0 Å². The molecule has 1 aliphatic rings. The Hall–Kier alpha value is -1.31. The summed E-state index contributed by atoms with van der Waals surface area (Å²) in [7, 11) is 2.13. The van der Waals surface area contributed by atoms with Crippen molar-refractivity contribution in [3.8, 4) is 0 Å². The van der Waals surface area contributed by atoms with Crippen LogP contribution in [0.4, 0.5) is 5.69 Å². The Morgan fingerprint density at radius 2 is 2.06 bits per heavy atom. The molecule has 1 aliphatic heterocycles. The van der Waals surface area contributed by atoms with Crippen molar-refractivity contribution in [3.63, 3.8) is 0 Å². The van der Waals surface area contributed by atoms with Crippen LogP contribution >= 0.6 is 0 Å². The SMILES string of the molecule is CN1c2ccccc2C(C)(C)C1CCC=O. The maximum absolute atomic E-state index is 10.5. The Kier molecular flexibility index (Phi) is 2.75. The topological polar surface area (TPSA) is 20.3 Å². The van der Waals surface area contributed by atoms with E-state index in [1.54, 1.807) is 0 Å². The smallest absolute Gasteiger partial charge is 0.120 e. The minimum Gasteiger partial charge on any atom is -0.370 e. The number of para-hydroxylation sites is 1. The molecule has 0 fully saturated rings. The van der Waals surface area contributed by atoms with E-state index in [0.717, 1.165) is 12.7 Å². The number of hydrogen-bond donors (Lipinski definition) is 0. The van der Waals surface area contributed by atoms with Crippen LogP contribution in [0, 0.1) is 0 Å². The number of likely N-dealkylation sites (N-methyl/N-ethyl adjacent to an activating group) is 1. The molecule has 0 N–H and O–H groups in total. The fourth-order valence-electron chi connectivity index (χ4n) is 2.94. The summed E-state index contributed by atoms with van der Waals surface area (Å²) in [4.78, 5) is 12.9. The molecule has 2 heteroatoms. The second-order valence-corrected chi connectivity index (χ2v) is 5.11. The maximum atomic E-state index is 10.5. The van der Waals surface area contributed by atoms with Gasteiger partial charge in [-0.1, -0.05) is 32.0 Å². The van der Waals surface area contributed by atoms with Crippen LogP contribution < -0.4 is 4.90 Å². The number of carbonyl (C=O) groups is 1. The fraction of sp³-hybridized carbons (Fsp3) is 0.500. The zero-order chi connectivity index (χ0) is 11.8. The molecule has 0 spiro atoms. The Labute approximate surface area is 97.3 Å². The lowest BCUT2D eigenvalue weighted by Crippen LogP contribution is -2.39. The Morgan fingerprint density at radius 1 is 1.38 bits per heavy atom. The average Bonchev–Trinajstić information content (AvgIpc) is 2.46. The fourth-order valence-corrected chi connectivity index (χ4v) is 2.94. The number of nitrogens with zero attached hydrogens (tertiary/aromatic N) is 1. The highest BCUT2D eigenvalue weighted by atomic mass is 16.1. The molecule has 16 heavy (non-hydrogen) atoms. The highest BCUT2D eigenvalue weighted by molar-refractivity contribution is 5.63. The van der Waals surface area contributed by atoms with Crippen LogP contribution in [0.15, 0.2) is 24.3 Å². The van der Waals surface area contributed by atoms with Crippen LogP contribution in [0.2, 0.25) is 0 Å². The third-order valence-corrected chi connectivity index (χ3v) is 3.84. The van der Waals surface area contributed by atoms with Crippen molar-refractivity contribution in [1.29, 1.82) is 0 Å². The van der Waals surface area contributed by atoms with E-state index in [4.69, 9.17) is 0 Å². The highest BCUT2D eigenvalue weighted by Gasteiger charge is 2.41. The van der Waals surface area contributed by atoms with Gasteiger partial charge in [0.2, 0.25) is 0 Å². The molecule has 0 aromatic heterocycles. The molecule has 0 saturated heterocycles. The van der Waals surface area contributed by atoms with Gasteiger partial charge >= 0.3 is 0 Å². The van der Waals surface area contributed by atoms with Gasteiger partial charge in [-0.15, -0.1) is 0 Å². The largest absolute Gasteiger partial charge is 0.370 e. The molecule has 0 aliphatic carbocycles. The Morgan fingerprint density at radius 3 is 2.69 bits per heavy atom. The molecule has 0 radical (unpaired) electrons. The van der Waals surface area contributed by atoms with E-state index in [1.165, 1.54) is 11.3 Å². The molecular weight excluding hydrogens is 198 g/mol. The molecule has 1 atom stereocenters. The zero-order valence-corrected chi connectivity index (χ0v) is 10.2. The molecule has 1 heterocycles. The van der Waals surface area contributed by atoms with Crippen molar-refractivity contribution in [2.24, 2.45) is 0 Å². The minimum absolute atomic E-state index is 0.133. The Balaban J connectivity index is 2.36. The molecule has 86 valence electrons. The van der Waals surface area contributed by atoms with E-state index in [0.29, 0.717) is 12.5 Å². The van der Waals surface area contributed by atoms with E-state index in [1.807, 2.05) is 0 Å². The predicted molar refractivity (Wildman–Crippen MR) is 67.0 cm³/mol. The van der Waals surface area contributed by atoms with Gasteiger partial charge in [-0.3, -0.25) is 0 Å². The van der Waals surface area contributed by atoms with Crippen LogP contribution in [-0.2, 0) is 10.2 Å². The first kappa shape index (κ1) is 11.2. The molecule has 2 nitrogen and oxygen atoms in total. The quantitative estimate of drug-likeness (QED) is 0.726. The molecular formula is C14H19NO. The van der Waals surface area contributed by atoms with Crippen LogP contribution in [-0.4, -0.2) is 19.4 Å². The molecule has 1 aromatic rings. The third-order valence-electron chi connectivity index (χ3n) is 3.84. The van der Waals surface area contributed by atoms with E-state index in [2.05, 4.69) is 50.1 Å². The molecule has 2 rings (SSSR count). The first-order chi connectivity index (χ1) is 7.59. The first-order valence-electron chi connectivity index (χ1n) is 5.85. The lowest BCUT2D eigenvalue weighted by Gasteiger charge is -2.31. The van der Waals surface area contributed by atoms with Gasteiger partial charge in [-0.05, 0) is 18.1 Å². The van der Waals surface area contributed by atoms with Crippen LogP contribution in [0.5, 0.6) is 0 Å². The van der Waals surface area contributed by atoms with Crippen molar-refractivity contribution < 1.29 is 4.79 Å². The van der Waals surface area contributed by atoms with Crippen molar-refractivity contribution in [1.82, 2.24) is 0 Å². The van der Waals surface area contributed by atoms with Gasteiger partial charge in [-0.25, -0.2) is 0 Å². The van der Waals surface area contributed by atoms with E-state index in [9.17, 15) is 4.79 Å². The summed E-state index contributed by atoms with van der Waals surface area (Å²) >= 11 is 0. The lowest BCUT2D eigenvalue weighted by molar-refractivity contribution is -0.108. The average molecular weight is 217 g/mol. The van der Waals surface area contributed by atoms with Crippen LogP contribution in [0.1, 0.15) is 32.3 Å². The first-order valence-corrected chi connectivity index (χ1v) is 5.85. The number of benzene rings is 1. The van der Waals surface area contributed by atoms with Gasteiger partial charge in [0, 0.05) is 30.6 Å². The normalized spacial score (nSPS) is 21.9. The Bertz CT molecular complexity index is 397. The second kappa shape index (κ2) is 3.93. The number of hydrogen-bond acceptors (Lipinski definition) is 2. The second-order valence-electron chi connectivity index (χ2n) is 5.11. The predicted octanol–water partition coefficient (Wildman–Crippen LogP) is 2.76.